The van der Waals surface area contributed by atoms with Crippen molar-refractivity contribution in [2.45, 2.75) is 19.9 Å². The Morgan fingerprint density at radius 3 is 3.00 bits per heavy atom. The van der Waals surface area contributed by atoms with E-state index in [9.17, 15) is 0 Å². The highest BCUT2D eigenvalue weighted by Crippen LogP contribution is 2.35. The molecule has 0 aromatic carbocycles. The lowest BCUT2D eigenvalue weighted by atomic mass is 10.1. The third kappa shape index (κ3) is 3.95. The van der Waals surface area contributed by atoms with E-state index in [1.54, 1.807) is 24.6 Å². The first-order chi connectivity index (χ1) is 11.3. The Hall–Kier alpha value is -1.68. The lowest BCUT2D eigenvalue weighted by Crippen LogP contribution is -2.22. The van der Waals surface area contributed by atoms with Crippen LogP contribution >= 0.6 is 36.2 Å². The van der Waals surface area contributed by atoms with E-state index in [2.05, 4.69) is 35.5 Å². The second kappa shape index (κ2) is 8.61. The van der Waals surface area contributed by atoms with Crippen LogP contribution < -0.4 is 15.4 Å². The Morgan fingerprint density at radius 2 is 2.20 bits per heavy atom. The predicted molar refractivity (Wildman–Crippen MR) is 100 cm³/mol. The molecule has 11 heteroatoms. The van der Waals surface area contributed by atoms with Gasteiger partial charge in [-0.2, -0.15) is 0 Å². The van der Waals surface area contributed by atoms with Gasteiger partial charge in [0.2, 0.25) is 0 Å². The molecule has 136 valence electrons. The molecule has 0 amide bonds. The molecule has 0 unspecified atom stereocenters. The first-order valence-electron chi connectivity index (χ1n) is 7.44. The van der Waals surface area contributed by atoms with Gasteiger partial charge in [0.15, 0.2) is 0 Å². The third-order valence-corrected chi connectivity index (χ3v) is 4.89. The zero-order chi connectivity index (χ0) is 15.6. The van der Waals surface area contributed by atoms with Crippen LogP contribution in [0.1, 0.15) is 16.1 Å². The fraction of sp³-hybridized carbons (Fsp3) is 0.429. The van der Waals surface area contributed by atoms with Gasteiger partial charge in [0.25, 0.3) is 5.88 Å². The molecule has 2 N–H and O–H groups in total. The minimum absolute atomic E-state index is 0. The Morgan fingerprint density at radius 1 is 1.32 bits per heavy atom. The number of hydrogen-bond donors (Lipinski definition) is 2. The summed E-state index contributed by atoms with van der Waals surface area (Å²) in [6.45, 7) is 4.76. The molecule has 3 aromatic rings. The van der Waals surface area contributed by atoms with E-state index in [0.29, 0.717) is 24.7 Å². The summed E-state index contributed by atoms with van der Waals surface area (Å²) < 4.78 is 10.1. The third-order valence-electron chi connectivity index (χ3n) is 3.75. The van der Waals surface area contributed by atoms with Gasteiger partial charge >= 0.3 is 0 Å². The number of fused-ring (bicyclic) bond motifs is 3. The monoisotopic (exact) mass is 404 g/mol. The van der Waals surface area contributed by atoms with Crippen LogP contribution in [-0.2, 0) is 13.0 Å². The summed E-state index contributed by atoms with van der Waals surface area (Å²) in [4.78, 5) is 11.2. The number of rotatable bonds is 5. The average Bonchev–Trinajstić information content (AvgIpc) is 3.15. The summed E-state index contributed by atoms with van der Waals surface area (Å²) in [7, 11) is 0. The summed E-state index contributed by atoms with van der Waals surface area (Å²) in [6.07, 6.45) is 2.62. The van der Waals surface area contributed by atoms with E-state index in [1.807, 2.05) is 0 Å². The van der Waals surface area contributed by atoms with Gasteiger partial charge in [0.05, 0.1) is 11.9 Å². The molecule has 0 aliphatic carbocycles. The molecule has 0 saturated heterocycles. The van der Waals surface area contributed by atoms with Crippen LogP contribution in [0.2, 0.25) is 0 Å². The van der Waals surface area contributed by atoms with E-state index in [1.165, 1.54) is 10.4 Å². The molecule has 1 aliphatic heterocycles. The van der Waals surface area contributed by atoms with Crippen molar-refractivity contribution in [2.24, 2.45) is 0 Å². The van der Waals surface area contributed by atoms with Crippen molar-refractivity contribution in [2.75, 3.05) is 25.0 Å². The smallest absolute Gasteiger partial charge is 0.278 e. The predicted octanol–water partition coefficient (Wildman–Crippen LogP) is 2.36. The molecule has 3 aromatic heterocycles. The van der Waals surface area contributed by atoms with E-state index >= 15 is 0 Å². The van der Waals surface area contributed by atoms with Gasteiger partial charge in [-0.1, -0.05) is 5.16 Å². The van der Waals surface area contributed by atoms with Crippen LogP contribution in [-0.4, -0.2) is 40.0 Å². The van der Waals surface area contributed by atoms with E-state index in [-0.39, 0.29) is 24.8 Å². The first kappa shape index (κ1) is 19.6. The molecular formula is C14H18Cl2N6O2S. The average molecular weight is 405 g/mol. The minimum atomic E-state index is 0. The van der Waals surface area contributed by atoms with Crippen molar-refractivity contribution in [3.8, 4) is 5.88 Å². The van der Waals surface area contributed by atoms with E-state index in [4.69, 9.17) is 4.74 Å². The molecule has 4 rings (SSSR count). The summed E-state index contributed by atoms with van der Waals surface area (Å²) in [5.41, 5.74) is 2.01. The SMILES string of the molecule is Cc1nonc1OCCNc1ncnc2sc3c(c12)CCNC3.Cl.Cl. The van der Waals surface area contributed by atoms with Crippen molar-refractivity contribution in [1.29, 1.82) is 0 Å². The summed E-state index contributed by atoms with van der Waals surface area (Å²) in [5, 5.41) is 15.2. The van der Waals surface area contributed by atoms with Gasteiger partial charge in [-0.05, 0) is 30.6 Å². The van der Waals surface area contributed by atoms with Crippen molar-refractivity contribution in [1.82, 2.24) is 25.6 Å². The fourth-order valence-corrected chi connectivity index (χ4v) is 3.82. The highest BCUT2D eigenvalue weighted by Gasteiger charge is 2.19. The number of nitrogens with one attached hydrogen (secondary N) is 2. The van der Waals surface area contributed by atoms with Gasteiger partial charge < -0.3 is 15.4 Å². The van der Waals surface area contributed by atoms with E-state index in [0.717, 1.165) is 35.5 Å². The van der Waals surface area contributed by atoms with Crippen LogP contribution in [0, 0.1) is 6.92 Å². The number of aromatic nitrogens is 4. The van der Waals surface area contributed by atoms with Crippen LogP contribution in [0.5, 0.6) is 5.88 Å². The molecule has 25 heavy (non-hydrogen) atoms. The van der Waals surface area contributed by atoms with Gasteiger partial charge in [-0.25, -0.2) is 14.6 Å². The number of ether oxygens (including phenoxy) is 1. The Balaban J connectivity index is 0.00000113. The minimum Gasteiger partial charge on any atom is -0.472 e. The van der Waals surface area contributed by atoms with Crippen LogP contribution in [0.4, 0.5) is 5.82 Å². The zero-order valence-electron chi connectivity index (χ0n) is 13.4. The Kier molecular flexibility index (Phi) is 6.77. The number of hydrogen-bond acceptors (Lipinski definition) is 9. The van der Waals surface area contributed by atoms with Crippen molar-refractivity contribution in [3.05, 3.63) is 22.5 Å². The zero-order valence-corrected chi connectivity index (χ0v) is 15.9. The first-order valence-corrected chi connectivity index (χ1v) is 8.26. The van der Waals surface area contributed by atoms with Crippen molar-refractivity contribution >= 4 is 52.2 Å². The number of nitrogens with zero attached hydrogens (tertiary/aromatic N) is 4. The molecule has 4 heterocycles. The quantitative estimate of drug-likeness (QED) is 0.625. The van der Waals surface area contributed by atoms with Gasteiger partial charge in [0.1, 0.15) is 29.3 Å². The molecule has 0 saturated carbocycles. The maximum atomic E-state index is 5.52. The van der Waals surface area contributed by atoms with Crippen LogP contribution in [0.15, 0.2) is 11.0 Å². The second-order valence-corrected chi connectivity index (χ2v) is 6.35. The molecule has 1 aliphatic rings. The summed E-state index contributed by atoms with van der Waals surface area (Å²) in [5.74, 6) is 1.30. The molecule has 0 fully saturated rings. The lowest BCUT2D eigenvalue weighted by molar-refractivity contribution is 0.261. The number of aryl methyl sites for hydroxylation is 1. The van der Waals surface area contributed by atoms with E-state index < -0.39 is 0 Å². The largest absolute Gasteiger partial charge is 0.472 e. The molecule has 0 atom stereocenters. The lowest BCUT2D eigenvalue weighted by Gasteiger charge is -2.13. The molecule has 8 nitrogen and oxygen atoms in total. The number of anilines is 1. The molecule has 0 spiro atoms. The van der Waals surface area contributed by atoms with Crippen LogP contribution in [0.3, 0.4) is 0 Å². The molecule has 0 radical (unpaired) electrons. The number of halogens is 2. The highest BCUT2D eigenvalue weighted by molar-refractivity contribution is 7.18. The summed E-state index contributed by atoms with van der Waals surface area (Å²) >= 11 is 1.74. The molecule has 0 bridgehead atoms. The van der Waals surface area contributed by atoms with Crippen molar-refractivity contribution < 1.29 is 9.37 Å². The maximum absolute atomic E-state index is 5.52. The fourth-order valence-electron chi connectivity index (χ4n) is 2.66. The normalized spacial score (nSPS) is 12.8. The Bertz CT molecular complexity index is 840. The summed E-state index contributed by atoms with van der Waals surface area (Å²) in [6, 6.07) is 0. The standard InChI is InChI=1S/C14H16N6O2S.2ClH/c1-8-13(20-22-19-8)21-5-4-16-12-11-9-2-3-15-6-10(9)23-14(11)18-7-17-12;;/h7,15H,2-6H2,1H3,(H,16,17,18);2*1H. The second-order valence-electron chi connectivity index (χ2n) is 5.26. The van der Waals surface area contributed by atoms with Gasteiger partial charge in [-0.15, -0.1) is 36.2 Å². The van der Waals surface area contributed by atoms with Crippen LogP contribution in [0.25, 0.3) is 10.2 Å². The Labute approximate surface area is 160 Å². The number of thiophene rings is 1. The van der Waals surface area contributed by atoms with Gasteiger partial charge in [-0.3, -0.25) is 0 Å². The topological polar surface area (TPSA) is 98.0 Å². The highest BCUT2D eigenvalue weighted by atomic mass is 35.5. The van der Waals surface area contributed by atoms with Gasteiger partial charge in [0, 0.05) is 11.4 Å². The maximum Gasteiger partial charge on any atom is 0.278 e. The van der Waals surface area contributed by atoms with Crippen molar-refractivity contribution in [3.63, 3.8) is 0 Å². The molecular weight excluding hydrogens is 387 g/mol.